The van der Waals surface area contributed by atoms with Crippen LogP contribution in [0.2, 0.25) is 0 Å². The first-order chi connectivity index (χ1) is 19.5. The van der Waals surface area contributed by atoms with Crippen molar-refractivity contribution in [2.45, 2.75) is 44.7 Å². The summed E-state index contributed by atoms with van der Waals surface area (Å²) in [4.78, 5) is 18.0. The summed E-state index contributed by atoms with van der Waals surface area (Å²) < 4.78 is 44.0. The molecule has 9 nitrogen and oxygen atoms in total. The Balaban J connectivity index is 1.32. The quantitative estimate of drug-likeness (QED) is 0.361. The van der Waals surface area contributed by atoms with Gasteiger partial charge in [0.05, 0.1) is 47.0 Å². The number of hydrogen-bond donors (Lipinski definition) is 3. The van der Waals surface area contributed by atoms with Crippen molar-refractivity contribution in [3.05, 3.63) is 48.2 Å². The van der Waals surface area contributed by atoms with E-state index in [1.165, 1.54) is 12.8 Å². The van der Waals surface area contributed by atoms with Crippen molar-refractivity contribution < 1.29 is 22.7 Å². The molecule has 1 spiro atoms. The van der Waals surface area contributed by atoms with E-state index < -0.39 is 28.1 Å². The average molecular weight is 584 g/mol. The Morgan fingerprint density at radius 2 is 1.68 bits per heavy atom. The number of aliphatic hydroxyl groups is 1. The number of piperidine rings is 1. The maximum Gasteiger partial charge on any atom is 0.257 e. The van der Waals surface area contributed by atoms with Gasteiger partial charge < -0.3 is 24.8 Å². The Bertz CT molecular complexity index is 1590. The van der Waals surface area contributed by atoms with Crippen LogP contribution in [-0.2, 0) is 17.1 Å². The van der Waals surface area contributed by atoms with E-state index in [0.717, 1.165) is 42.5 Å². The highest BCUT2D eigenvalue weighted by molar-refractivity contribution is 7.92. The zero-order valence-electron chi connectivity index (χ0n) is 23.6. The second kappa shape index (κ2) is 10.2. The molecule has 0 bridgehead atoms. The predicted molar refractivity (Wildman–Crippen MR) is 161 cm³/mol. The van der Waals surface area contributed by atoms with Crippen LogP contribution in [0.4, 0.5) is 27.1 Å². The molecule has 220 valence electrons. The number of nitrogens with zero attached hydrogens (tertiary/aromatic N) is 3. The lowest BCUT2D eigenvalue weighted by molar-refractivity contribution is 0.102. The average Bonchev–Trinajstić information content (AvgIpc) is 3.40. The lowest BCUT2D eigenvalue weighted by atomic mass is 9.93. The smallest absolute Gasteiger partial charge is 0.257 e. The minimum atomic E-state index is -3.71. The van der Waals surface area contributed by atoms with E-state index >= 15 is 0 Å². The zero-order chi connectivity index (χ0) is 29.0. The van der Waals surface area contributed by atoms with Gasteiger partial charge in [-0.2, -0.15) is 0 Å². The number of aromatic nitrogens is 1. The van der Waals surface area contributed by atoms with Crippen molar-refractivity contribution in [1.82, 2.24) is 4.57 Å². The number of hydrogen-bond acceptors (Lipinski definition) is 6. The summed E-state index contributed by atoms with van der Waals surface area (Å²) in [6.07, 6.45) is 7.00. The molecule has 41 heavy (non-hydrogen) atoms. The first kappa shape index (κ1) is 27.8. The Hall–Kier alpha value is -3.31. The molecule has 2 aromatic carbocycles. The number of sulfonamides is 1. The summed E-state index contributed by atoms with van der Waals surface area (Å²) in [5.74, 6) is -0.700. The van der Waals surface area contributed by atoms with Gasteiger partial charge in [0.15, 0.2) is 0 Å². The molecule has 0 radical (unpaired) electrons. The Labute approximate surface area is 240 Å². The van der Waals surface area contributed by atoms with Crippen LogP contribution >= 0.6 is 0 Å². The highest BCUT2D eigenvalue weighted by atomic mass is 32.2. The molecule has 3 N–H and O–H groups in total. The molecule has 1 atom stereocenters. The first-order valence-electron chi connectivity index (χ1n) is 14.3. The highest BCUT2D eigenvalue weighted by Gasteiger charge is 2.44. The molecule has 3 aromatic rings. The van der Waals surface area contributed by atoms with Crippen molar-refractivity contribution in [2.24, 2.45) is 12.5 Å². The van der Waals surface area contributed by atoms with Crippen LogP contribution in [-0.4, -0.2) is 68.2 Å². The number of anilines is 4. The second-order valence-corrected chi connectivity index (χ2v) is 14.1. The SMILES string of the molecule is Cn1ccc2cc(NC(=O)c3ccc(NS(=O)(=O)CCO)cc3N3CCC4(CC3)CC4)cc(N3CCC(C)(F)C3)c21. The number of carbonyl (C=O) groups is 1. The zero-order valence-corrected chi connectivity index (χ0v) is 24.4. The summed E-state index contributed by atoms with van der Waals surface area (Å²) in [5.41, 5.74) is 3.14. The van der Waals surface area contributed by atoms with Gasteiger partial charge in [-0.1, -0.05) is 0 Å². The number of benzene rings is 2. The molecule has 3 aliphatic rings. The standard InChI is InChI=1S/C30H38FN5O4S/c1-29(31)8-12-36(20-29)26-19-23(17-21-5-11-34(2)27(21)26)32-28(38)24-4-3-22(33-41(39,40)16-15-37)18-25(24)35-13-9-30(6-7-30)10-14-35/h3-5,11,17-19,33,37H,6-10,12-16,20H2,1-2H3,(H,32,38). The van der Waals surface area contributed by atoms with E-state index in [4.69, 9.17) is 5.11 Å². The summed E-state index contributed by atoms with van der Waals surface area (Å²) >= 11 is 0. The number of nitrogens with one attached hydrogen (secondary N) is 2. The Morgan fingerprint density at radius 3 is 2.34 bits per heavy atom. The van der Waals surface area contributed by atoms with E-state index in [0.29, 0.717) is 47.6 Å². The molecular weight excluding hydrogens is 545 g/mol. The molecule has 2 aliphatic heterocycles. The minimum Gasteiger partial charge on any atom is -0.395 e. The number of amides is 1. The fourth-order valence-electron chi connectivity index (χ4n) is 6.36. The molecule has 3 heterocycles. The fraction of sp³-hybridized carbons (Fsp3) is 0.500. The van der Waals surface area contributed by atoms with Crippen LogP contribution in [0.1, 0.15) is 49.4 Å². The Kier molecular flexibility index (Phi) is 6.93. The molecule has 6 rings (SSSR count). The monoisotopic (exact) mass is 583 g/mol. The number of aryl methyl sites for hydroxylation is 1. The van der Waals surface area contributed by atoms with Crippen molar-refractivity contribution in [3.63, 3.8) is 0 Å². The largest absolute Gasteiger partial charge is 0.395 e. The number of fused-ring (bicyclic) bond motifs is 1. The van der Waals surface area contributed by atoms with Crippen LogP contribution in [0.25, 0.3) is 10.9 Å². The maximum absolute atomic E-state index is 14.8. The molecule has 1 aliphatic carbocycles. The number of carbonyl (C=O) groups excluding carboxylic acids is 1. The van der Waals surface area contributed by atoms with Gasteiger partial charge in [0.25, 0.3) is 5.91 Å². The lowest BCUT2D eigenvalue weighted by Crippen LogP contribution is -2.35. The van der Waals surface area contributed by atoms with Crippen molar-refractivity contribution in [2.75, 3.05) is 58.4 Å². The number of alkyl halides is 1. The van der Waals surface area contributed by atoms with Crippen LogP contribution < -0.4 is 19.8 Å². The molecule has 1 aromatic heterocycles. The minimum absolute atomic E-state index is 0.291. The first-order valence-corrected chi connectivity index (χ1v) is 16.0. The summed E-state index contributed by atoms with van der Waals surface area (Å²) in [7, 11) is -1.75. The van der Waals surface area contributed by atoms with Gasteiger partial charge in [0.2, 0.25) is 10.0 Å². The third kappa shape index (κ3) is 5.74. The number of aliphatic hydroxyl groups excluding tert-OH is 1. The van der Waals surface area contributed by atoms with Gasteiger partial charge >= 0.3 is 0 Å². The molecule has 1 amide bonds. The Morgan fingerprint density at radius 1 is 0.976 bits per heavy atom. The number of halogens is 1. The van der Waals surface area contributed by atoms with E-state index in [-0.39, 0.29) is 5.91 Å². The van der Waals surface area contributed by atoms with Crippen molar-refractivity contribution >= 4 is 49.6 Å². The molecule has 2 saturated heterocycles. The number of rotatable bonds is 8. The van der Waals surface area contributed by atoms with Gasteiger partial charge in [-0.15, -0.1) is 0 Å². The topological polar surface area (TPSA) is 107 Å². The highest BCUT2D eigenvalue weighted by Crippen LogP contribution is 2.54. The van der Waals surface area contributed by atoms with Crippen molar-refractivity contribution in [1.29, 1.82) is 0 Å². The molecular formula is C30H38FN5O4S. The predicted octanol–water partition coefficient (Wildman–Crippen LogP) is 4.48. The third-order valence-corrected chi connectivity index (χ3v) is 10.2. The summed E-state index contributed by atoms with van der Waals surface area (Å²) in [5, 5.41) is 13.2. The van der Waals surface area contributed by atoms with Crippen LogP contribution in [0.15, 0.2) is 42.6 Å². The summed E-state index contributed by atoms with van der Waals surface area (Å²) in [6.45, 7) is 3.63. The van der Waals surface area contributed by atoms with E-state index in [9.17, 15) is 17.6 Å². The lowest BCUT2D eigenvalue weighted by Gasteiger charge is -2.35. The molecule has 3 fully saturated rings. The molecule has 1 saturated carbocycles. The van der Waals surface area contributed by atoms with Crippen molar-refractivity contribution in [3.8, 4) is 0 Å². The fourth-order valence-corrected chi connectivity index (χ4v) is 7.19. The third-order valence-electron chi connectivity index (χ3n) is 8.97. The van der Waals surface area contributed by atoms with Gasteiger partial charge in [-0.3, -0.25) is 9.52 Å². The van der Waals surface area contributed by atoms with Crippen LogP contribution in [0, 0.1) is 5.41 Å². The van der Waals surface area contributed by atoms with E-state index in [2.05, 4.69) is 14.9 Å². The van der Waals surface area contributed by atoms with Gasteiger partial charge in [-0.05, 0) is 74.4 Å². The molecule has 11 heteroatoms. The maximum atomic E-state index is 14.8. The van der Waals surface area contributed by atoms with Gasteiger partial charge in [0, 0.05) is 50.4 Å². The summed E-state index contributed by atoms with van der Waals surface area (Å²) in [6, 6.07) is 10.8. The van der Waals surface area contributed by atoms with E-state index in [1.54, 1.807) is 25.1 Å². The van der Waals surface area contributed by atoms with Gasteiger partial charge in [-0.25, -0.2) is 12.8 Å². The second-order valence-electron chi connectivity index (χ2n) is 12.3. The molecule has 1 unspecified atom stereocenters. The van der Waals surface area contributed by atoms with E-state index in [1.807, 2.05) is 40.9 Å². The van der Waals surface area contributed by atoms with Gasteiger partial charge in [0.1, 0.15) is 5.67 Å². The van der Waals surface area contributed by atoms with Crippen LogP contribution in [0.3, 0.4) is 0 Å². The normalized spacial score (nSPS) is 22.0. The van der Waals surface area contributed by atoms with Crippen LogP contribution in [0.5, 0.6) is 0 Å².